The number of nitrogens with one attached hydrogen (secondary N) is 1. The average Bonchev–Trinajstić information content (AvgIpc) is 2.53. The minimum atomic E-state index is -0.182. The molecule has 0 saturated heterocycles. The third kappa shape index (κ3) is 5.34. The Labute approximate surface area is 165 Å². The van der Waals surface area contributed by atoms with Crippen molar-refractivity contribution in [2.45, 2.75) is 52.4 Å². The van der Waals surface area contributed by atoms with Gasteiger partial charge in [0.25, 0.3) is 5.91 Å². The zero-order valence-electron chi connectivity index (χ0n) is 16.4. The minimum absolute atomic E-state index is 0.0272. The molecule has 2 rings (SSSR count). The summed E-state index contributed by atoms with van der Waals surface area (Å²) in [6.07, 6.45) is 0. The molecular weight excluding hydrogens is 390 g/mol. The number of rotatable bonds is 4. The van der Waals surface area contributed by atoms with Gasteiger partial charge in [-0.3, -0.25) is 4.79 Å². The van der Waals surface area contributed by atoms with Gasteiger partial charge in [-0.1, -0.05) is 65.8 Å². The molecule has 0 atom stereocenters. The molecule has 1 N–H and O–H groups in total. The maximum atomic E-state index is 12.3. The van der Waals surface area contributed by atoms with Crippen LogP contribution in [0.3, 0.4) is 0 Å². The second-order valence-electron chi connectivity index (χ2n) is 8.53. The Hall–Kier alpha value is -1.81. The van der Waals surface area contributed by atoms with Crippen molar-refractivity contribution in [1.82, 2.24) is 0 Å². The molecule has 0 spiro atoms. The van der Waals surface area contributed by atoms with Crippen LogP contribution in [0.15, 0.2) is 46.9 Å². The summed E-state index contributed by atoms with van der Waals surface area (Å²) in [6.45, 7) is 12.8. The molecule has 0 radical (unpaired) electrons. The molecule has 0 heterocycles. The first-order valence-electron chi connectivity index (χ1n) is 8.80. The van der Waals surface area contributed by atoms with E-state index in [1.54, 1.807) is 0 Å². The number of anilines is 1. The number of carbonyl (C=O) groups is 1. The van der Waals surface area contributed by atoms with Gasteiger partial charge >= 0.3 is 0 Å². The Kier molecular flexibility index (Phi) is 6.17. The lowest BCUT2D eigenvalue weighted by Crippen LogP contribution is -2.22. The highest BCUT2D eigenvalue weighted by molar-refractivity contribution is 9.10. The molecule has 0 bridgehead atoms. The lowest BCUT2D eigenvalue weighted by Gasteiger charge is -2.22. The molecule has 0 unspecified atom stereocenters. The molecule has 2 aromatic rings. The SMILES string of the molecule is CC(C)(C)c1ccc(NC(=O)COc2ccccc2C(C)(C)C)c(Br)c1. The maximum Gasteiger partial charge on any atom is 0.262 e. The van der Waals surface area contributed by atoms with Crippen molar-refractivity contribution < 1.29 is 9.53 Å². The molecule has 3 nitrogen and oxygen atoms in total. The predicted octanol–water partition coefficient (Wildman–Crippen LogP) is 6.06. The van der Waals surface area contributed by atoms with Gasteiger partial charge in [0, 0.05) is 4.47 Å². The molecule has 0 aromatic heterocycles. The summed E-state index contributed by atoms with van der Waals surface area (Å²) in [5, 5.41) is 2.91. The first-order valence-corrected chi connectivity index (χ1v) is 9.60. The van der Waals surface area contributed by atoms with Crippen LogP contribution in [0.25, 0.3) is 0 Å². The van der Waals surface area contributed by atoms with Crippen LogP contribution in [0.4, 0.5) is 5.69 Å². The van der Waals surface area contributed by atoms with E-state index in [1.807, 2.05) is 42.5 Å². The second-order valence-corrected chi connectivity index (χ2v) is 9.38. The molecule has 140 valence electrons. The Morgan fingerprint density at radius 1 is 1.00 bits per heavy atom. The highest BCUT2D eigenvalue weighted by atomic mass is 79.9. The van der Waals surface area contributed by atoms with E-state index >= 15 is 0 Å². The quantitative estimate of drug-likeness (QED) is 0.655. The lowest BCUT2D eigenvalue weighted by atomic mass is 9.86. The summed E-state index contributed by atoms with van der Waals surface area (Å²) in [7, 11) is 0. The fourth-order valence-corrected chi connectivity index (χ4v) is 3.10. The summed E-state index contributed by atoms with van der Waals surface area (Å²) in [6, 6.07) is 13.9. The molecule has 1 amide bonds. The van der Waals surface area contributed by atoms with Gasteiger partial charge < -0.3 is 10.1 Å². The Morgan fingerprint density at radius 2 is 1.65 bits per heavy atom. The van der Waals surface area contributed by atoms with Gasteiger partial charge in [0.1, 0.15) is 5.75 Å². The molecule has 0 fully saturated rings. The molecule has 0 saturated carbocycles. The van der Waals surface area contributed by atoms with Crippen molar-refractivity contribution in [3.8, 4) is 5.75 Å². The van der Waals surface area contributed by atoms with Gasteiger partial charge in [-0.15, -0.1) is 0 Å². The van der Waals surface area contributed by atoms with E-state index in [0.717, 1.165) is 21.5 Å². The summed E-state index contributed by atoms with van der Waals surface area (Å²) >= 11 is 3.55. The van der Waals surface area contributed by atoms with E-state index in [4.69, 9.17) is 4.74 Å². The van der Waals surface area contributed by atoms with Crippen LogP contribution in [0.5, 0.6) is 5.75 Å². The number of hydrogen-bond donors (Lipinski definition) is 1. The minimum Gasteiger partial charge on any atom is -0.483 e. The van der Waals surface area contributed by atoms with Crippen molar-refractivity contribution >= 4 is 27.5 Å². The number of hydrogen-bond acceptors (Lipinski definition) is 2. The van der Waals surface area contributed by atoms with Crippen LogP contribution in [0.1, 0.15) is 52.7 Å². The Bertz CT molecular complexity index is 785. The van der Waals surface area contributed by atoms with E-state index < -0.39 is 0 Å². The monoisotopic (exact) mass is 417 g/mol. The van der Waals surface area contributed by atoms with Crippen molar-refractivity contribution in [2.75, 3.05) is 11.9 Å². The Morgan fingerprint density at radius 3 is 2.23 bits per heavy atom. The van der Waals surface area contributed by atoms with Crippen LogP contribution in [-0.2, 0) is 15.6 Å². The van der Waals surface area contributed by atoms with E-state index in [0.29, 0.717) is 0 Å². The summed E-state index contributed by atoms with van der Waals surface area (Å²) in [5.41, 5.74) is 3.06. The number of carbonyl (C=O) groups excluding carboxylic acids is 1. The fourth-order valence-electron chi connectivity index (χ4n) is 2.62. The third-order valence-electron chi connectivity index (χ3n) is 4.16. The van der Waals surface area contributed by atoms with Crippen LogP contribution in [0, 0.1) is 0 Å². The van der Waals surface area contributed by atoms with Crippen molar-refractivity contribution in [2.24, 2.45) is 0 Å². The van der Waals surface area contributed by atoms with E-state index in [1.165, 1.54) is 5.56 Å². The number of benzene rings is 2. The standard InChI is InChI=1S/C22H28BrNO2/c1-21(2,3)15-11-12-18(17(23)13-15)24-20(25)14-26-19-10-8-7-9-16(19)22(4,5)6/h7-13H,14H2,1-6H3,(H,24,25). The molecule has 0 aliphatic rings. The maximum absolute atomic E-state index is 12.3. The Balaban J connectivity index is 2.05. The molecule has 2 aromatic carbocycles. The number of ether oxygens (including phenoxy) is 1. The van der Waals surface area contributed by atoms with Crippen LogP contribution in [0.2, 0.25) is 0 Å². The van der Waals surface area contributed by atoms with E-state index in [2.05, 4.69) is 62.8 Å². The zero-order valence-corrected chi connectivity index (χ0v) is 18.0. The van der Waals surface area contributed by atoms with Crippen LogP contribution >= 0.6 is 15.9 Å². The van der Waals surface area contributed by atoms with Gasteiger partial charge in [-0.2, -0.15) is 0 Å². The molecule has 26 heavy (non-hydrogen) atoms. The second kappa shape index (κ2) is 7.83. The topological polar surface area (TPSA) is 38.3 Å². The summed E-state index contributed by atoms with van der Waals surface area (Å²) in [5.74, 6) is 0.565. The highest BCUT2D eigenvalue weighted by Gasteiger charge is 2.19. The molecular formula is C22H28BrNO2. The predicted molar refractivity (Wildman–Crippen MR) is 112 cm³/mol. The molecule has 4 heteroatoms. The first-order chi connectivity index (χ1) is 12.0. The summed E-state index contributed by atoms with van der Waals surface area (Å²) < 4.78 is 6.66. The van der Waals surface area contributed by atoms with Crippen molar-refractivity contribution in [3.63, 3.8) is 0 Å². The lowest BCUT2D eigenvalue weighted by molar-refractivity contribution is -0.118. The number of halogens is 1. The van der Waals surface area contributed by atoms with Gasteiger partial charge in [-0.25, -0.2) is 0 Å². The fraction of sp³-hybridized carbons (Fsp3) is 0.409. The van der Waals surface area contributed by atoms with Gasteiger partial charge in [0.2, 0.25) is 0 Å². The molecule has 0 aliphatic heterocycles. The number of para-hydroxylation sites is 1. The van der Waals surface area contributed by atoms with Gasteiger partial charge in [0.15, 0.2) is 6.61 Å². The molecule has 0 aliphatic carbocycles. The largest absolute Gasteiger partial charge is 0.483 e. The van der Waals surface area contributed by atoms with Gasteiger partial charge in [-0.05, 0) is 56.1 Å². The van der Waals surface area contributed by atoms with E-state index in [-0.39, 0.29) is 23.3 Å². The third-order valence-corrected chi connectivity index (χ3v) is 4.82. The highest BCUT2D eigenvalue weighted by Crippen LogP contribution is 2.32. The van der Waals surface area contributed by atoms with Crippen LogP contribution < -0.4 is 10.1 Å². The van der Waals surface area contributed by atoms with Crippen molar-refractivity contribution in [1.29, 1.82) is 0 Å². The van der Waals surface area contributed by atoms with Crippen molar-refractivity contribution in [3.05, 3.63) is 58.1 Å². The smallest absolute Gasteiger partial charge is 0.262 e. The number of amides is 1. The normalized spacial score (nSPS) is 12.0. The zero-order chi connectivity index (χ0) is 19.5. The van der Waals surface area contributed by atoms with E-state index in [9.17, 15) is 4.79 Å². The van der Waals surface area contributed by atoms with Gasteiger partial charge in [0.05, 0.1) is 5.69 Å². The average molecular weight is 418 g/mol. The summed E-state index contributed by atoms with van der Waals surface area (Å²) in [4.78, 5) is 12.3. The first kappa shape index (κ1) is 20.5. The van der Waals surface area contributed by atoms with Crippen LogP contribution in [-0.4, -0.2) is 12.5 Å².